The number of furan rings is 1. The van der Waals surface area contributed by atoms with E-state index in [0.717, 1.165) is 37.3 Å². The second-order valence-electron chi connectivity index (χ2n) is 6.59. The molecule has 1 unspecified atom stereocenters. The topological polar surface area (TPSA) is 54.7 Å². The Kier molecular flexibility index (Phi) is 6.25. The lowest BCUT2D eigenvalue weighted by Crippen LogP contribution is -2.40. The Morgan fingerprint density at radius 2 is 2.16 bits per heavy atom. The van der Waals surface area contributed by atoms with E-state index < -0.39 is 0 Å². The van der Waals surface area contributed by atoms with Gasteiger partial charge in [0, 0.05) is 19.7 Å². The highest BCUT2D eigenvalue weighted by Crippen LogP contribution is 2.15. The molecule has 1 aliphatic rings. The smallest absolute Gasteiger partial charge is 0.234 e. The van der Waals surface area contributed by atoms with E-state index in [2.05, 4.69) is 23.2 Å². The SMILES string of the molecule is Cc1ccccc1CNC(=O)CN(Cc1ccco1)CC1CCCO1. The quantitative estimate of drug-likeness (QED) is 0.801. The summed E-state index contributed by atoms with van der Waals surface area (Å²) in [6.07, 6.45) is 4.02. The molecule has 1 atom stereocenters. The maximum absolute atomic E-state index is 12.4. The van der Waals surface area contributed by atoms with Crippen molar-refractivity contribution in [2.45, 2.75) is 39.0 Å². The van der Waals surface area contributed by atoms with Crippen LogP contribution in [0.4, 0.5) is 0 Å². The molecule has 1 amide bonds. The van der Waals surface area contributed by atoms with Gasteiger partial charge in [-0.05, 0) is 43.0 Å². The number of carbonyl (C=O) groups is 1. The number of carbonyl (C=O) groups excluding carboxylic acids is 1. The summed E-state index contributed by atoms with van der Waals surface area (Å²) in [5.41, 5.74) is 2.34. The molecule has 5 nitrogen and oxygen atoms in total. The molecule has 1 aromatic carbocycles. The maximum Gasteiger partial charge on any atom is 0.234 e. The molecule has 134 valence electrons. The van der Waals surface area contributed by atoms with E-state index in [-0.39, 0.29) is 12.0 Å². The summed E-state index contributed by atoms with van der Waals surface area (Å²) in [6, 6.07) is 11.9. The Morgan fingerprint density at radius 3 is 2.88 bits per heavy atom. The number of aryl methyl sites for hydroxylation is 1. The normalized spacial score (nSPS) is 17.1. The van der Waals surface area contributed by atoms with Crippen LogP contribution >= 0.6 is 0 Å². The minimum Gasteiger partial charge on any atom is -0.468 e. The summed E-state index contributed by atoms with van der Waals surface area (Å²) in [5, 5.41) is 3.02. The fraction of sp³-hybridized carbons (Fsp3) is 0.450. The standard InChI is InChI=1S/C20H26N2O3/c1-16-6-2-3-7-17(16)12-21-20(23)15-22(13-18-8-4-10-24-18)14-19-9-5-11-25-19/h2-4,6-8,10,19H,5,9,11-15H2,1H3,(H,21,23). The number of nitrogens with zero attached hydrogens (tertiary/aromatic N) is 1. The van der Waals surface area contributed by atoms with E-state index in [4.69, 9.17) is 9.15 Å². The van der Waals surface area contributed by atoms with Crippen LogP contribution in [-0.4, -0.2) is 36.6 Å². The number of nitrogens with one attached hydrogen (secondary N) is 1. The zero-order valence-corrected chi connectivity index (χ0v) is 14.7. The van der Waals surface area contributed by atoms with Gasteiger partial charge in [0.25, 0.3) is 0 Å². The summed E-state index contributed by atoms with van der Waals surface area (Å²) < 4.78 is 11.2. The van der Waals surface area contributed by atoms with Crippen LogP contribution < -0.4 is 5.32 Å². The maximum atomic E-state index is 12.4. The Labute approximate surface area is 149 Å². The minimum atomic E-state index is 0.0211. The molecule has 1 N–H and O–H groups in total. The van der Waals surface area contributed by atoms with Crippen LogP contribution in [-0.2, 0) is 22.6 Å². The lowest BCUT2D eigenvalue weighted by Gasteiger charge is -2.23. The van der Waals surface area contributed by atoms with Crippen molar-refractivity contribution < 1.29 is 13.9 Å². The van der Waals surface area contributed by atoms with E-state index in [1.807, 2.05) is 30.3 Å². The first kappa shape index (κ1) is 17.7. The van der Waals surface area contributed by atoms with Crippen molar-refractivity contribution >= 4 is 5.91 Å². The molecule has 0 saturated carbocycles. The van der Waals surface area contributed by atoms with Gasteiger partial charge < -0.3 is 14.5 Å². The lowest BCUT2D eigenvalue weighted by atomic mass is 10.1. The molecular weight excluding hydrogens is 316 g/mol. The summed E-state index contributed by atoms with van der Waals surface area (Å²) >= 11 is 0. The highest BCUT2D eigenvalue weighted by Gasteiger charge is 2.21. The third kappa shape index (κ3) is 5.44. The molecule has 0 aliphatic carbocycles. The fourth-order valence-electron chi connectivity index (χ4n) is 3.15. The summed E-state index contributed by atoms with van der Waals surface area (Å²) in [5.74, 6) is 0.887. The summed E-state index contributed by atoms with van der Waals surface area (Å²) in [4.78, 5) is 14.5. The van der Waals surface area contributed by atoms with Crippen LogP contribution in [0.25, 0.3) is 0 Å². The number of amides is 1. The lowest BCUT2D eigenvalue weighted by molar-refractivity contribution is -0.123. The number of rotatable bonds is 8. The van der Waals surface area contributed by atoms with Crippen molar-refractivity contribution in [2.24, 2.45) is 0 Å². The van der Waals surface area contributed by atoms with E-state index in [9.17, 15) is 4.79 Å². The molecule has 5 heteroatoms. The van der Waals surface area contributed by atoms with Gasteiger partial charge >= 0.3 is 0 Å². The van der Waals surface area contributed by atoms with Crippen LogP contribution in [0.3, 0.4) is 0 Å². The van der Waals surface area contributed by atoms with Crippen LogP contribution in [0.2, 0.25) is 0 Å². The predicted octanol–water partition coefficient (Wildman–Crippen LogP) is 2.89. The van der Waals surface area contributed by atoms with Gasteiger partial charge in [-0.1, -0.05) is 24.3 Å². The molecule has 1 fully saturated rings. The van der Waals surface area contributed by atoms with E-state index >= 15 is 0 Å². The number of ether oxygens (including phenoxy) is 1. The molecule has 3 rings (SSSR count). The monoisotopic (exact) mass is 342 g/mol. The van der Waals surface area contributed by atoms with Crippen molar-refractivity contribution in [2.75, 3.05) is 19.7 Å². The Bertz CT molecular complexity index is 663. The van der Waals surface area contributed by atoms with Gasteiger partial charge in [-0.3, -0.25) is 9.69 Å². The third-order valence-corrected chi connectivity index (χ3v) is 4.55. The molecule has 2 heterocycles. The van der Waals surface area contributed by atoms with Gasteiger partial charge in [0.2, 0.25) is 5.91 Å². The first-order valence-corrected chi connectivity index (χ1v) is 8.88. The first-order valence-electron chi connectivity index (χ1n) is 8.88. The Hall–Kier alpha value is -2.11. The Balaban J connectivity index is 1.54. The van der Waals surface area contributed by atoms with Crippen LogP contribution in [0.5, 0.6) is 0 Å². The van der Waals surface area contributed by atoms with Crippen molar-refractivity contribution in [1.82, 2.24) is 10.2 Å². The molecule has 0 radical (unpaired) electrons. The molecule has 1 aliphatic heterocycles. The number of hydrogen-bond donors (Lipinski definition) is 1. The molecule has 0 bridgehead atoms. The number of hydrogen-bond acceptors (Lipinski definition) is 4. The second kappa shape index (κ2) is 8.83. The highest BCUT2D eigenvalue weighted by atomic mass is 16.5. The van der Waals surface area contributed by atoms with Gasteiger partial charge in [0.15, 0.2) is 0 Å². The summed E-state index contributed by atoms with van der Waals surface area (Å²) in [6.45, 7) is 5.14. The van der Waals surface area contributed by atoms with E-state index in [1.54, 1.807) is 6.26 Å². The largest absolute Gasteiger partial charge is 0.468 e. The van der Waals surface area contributed by atoms with Crippen molar-refractivity contribution in [3.8, 4) is 0 Å². The van der Waals surface area contributed by atoms with Crippen LogP contribution in [0.1, 0.15) is 29.7 Å². The first-order chi connectivity index (χ1) is 12.2. The van der Waals surface area contributed by atoms with Gasteiger partial charge in [-0.15, -0.1) is 0 Å². The zero-order chi connectivity index (χ0) is 17.5. The molecule has 25 heavy (non-hydrogen) atoms. The molecule has 0 spiro atoms. The van der Waals surface area contributed by atoms with Crippen molar-refractivity contribution in [3.63, 3.8) is 0 Å². The van der Waals surface area contributed by atoms with Gasteiger partial charge in [0.05, 0.1) is 25.5 Å². The van der Waals surface area contributed by atoms with Crippen molar-refractivity contribution in [3.05, 3.63) is 59.5 Å². The van der Waals surface area contributed by atoms with E-state index in [1.165, 1.54) is 5.56 Å². The minimum absolute atomic E-state index is 0.0211. The fourth-order valence-corrected chi connectivity index (χ4v) is 3.15. The van der Waals surface area contributed by atoms with Crippen LogP contribution in [0.15, 0.2) is 47.1 Å². The summed E-state index contributed by atoms with van der Waals surface area (Å²) in [7, 11) is 0. The van der Waals surface area contributed by atoms with Gasteiger partial charge in [-0.25, -0.2) is 0 Å². The second-order valence-corrected chi connectivity index (χ2v) is 6.59. The third-order valence-electron chi connectivity index (χ3n) is 4.55. The zero-order valence-electron chi connectivity index (χ0n) is 14.7. The average molecular weight is 342 g/mol. The molecular formula is C20H26N2O3. The predicted molar refractivity (Wildman–Crippen MR) is 96.0 cm³/mol. The molecule has 1 saturated heterocycles. The molecule has 1 aromatic heterocycles. The van der Waals surface area contributed by atoms with E-state index in [0.29, 0.717) is 19.6 Å². The highest BCUT2D eigenvalue weighted by molar-refractivity contribution is 5.78. The number of benzene rings is 1. The van der Waals surface area contributed by atoms with Gasteiger partial charge in [0.1, 0.15) is 5.76 Å². The molecule has 2 aromatic rings. The van der Waals surface area contributed by atoms with Crippen LogP contribution in [0, 0.1) is 6.92 Å². The Morgan fingerprint density at radius 1 is 1.28 bits per heavy atom. The van der Waals surface area contributed by atoms with Crippen molar-refractivity contribution in [1.29, 1.82) is 0 Å². The average Bonchev–Trinajstić information content (AvgIpc) is 3.28. The van der Waals surface area contributed by atoms with Gasteiger partial charge in [-0.2, -0.15) is 0 Å².